The predicted octanol–water partition coefficient (Wildman–Crippen LogP) is 1.85. The summed E-state index contributed by atoms with van der Waals surface area (Å²) in [5.41, 5.74) is 6.01. The number of likely N-dealkylation sites (N-methyl/N-ethyl adjacent to an activating group) is 1. The van der Waals surface area contributed by atoms with Gasteiger partial charge in [0, 0.05) is 9.50 Å². The van der Waals surface area contributed by atoms with Gasteiger partial charge in [-0.2, -0.15) is 0 Å². The Labute approximate surface area is 95.7 Å². The Hall–Kier alpha value is -0.580. The molecule has 1 amide bonds. The Morgan fingerprint density at radius 2 is 2.29 bits per heavy atom. The number of hydrogen-bond donors (Lipinski definition) is 2. The lowest BCUT2D eigenvalue weighted by atomic mass is 10.1. The minimum absolute atomic E-state index is 0.421. The van der Waals surface area contributed by atoms with Gasteiger partial charge in [0.25, 0.3) is 0 Å². The Balaban J connectivity index is 3.10. The van der Waals surface area contributed by atoms with Crippen molar-refractivity contribution in [2.45, 2.75) is 6.04 Å². The Morgan fingerprint density at radius 3 is 2.71 bits per heavy atom. The van der Waals surface area contributed by atoms with Gasteiger partial charge in [0.05, 0.1) is 0 Å². The lowest BCUT2D eigenvalue weighted by Crippen LogP contribution is -2.31. The Morgan fingerprint density at radius 1 is 1.64 bits per heavy atom. The fraction of sp³-hybridized carbons (Fsp3) is 0.222. The Kier molecular flexibility index (Phi) is 3.92. The summed E-state index contributed by atoms with van der Waals surface area (Å²) in [6, 6.07) is 4.71. The molecule has 5 heteroatoms. The van der Waals surface area contributed by atoms with Crippen LogP contribution in [0, 0.1) is 0 Å². The summed E-state index contributed by atoms with van der Waals surface area (Å²) in [6.07, 6.45) is 0. The second-order valence-corrected chi connectivity index (χ2v) is 4.08. The summed E-state index contributed by atoms with van der Waals surface area (Å²) in [4.78, 5) is 11.1. The van der Waals surface area contributed by atoms with Gasteiger partial charge in [-0.1, -0.05) is 33.6 Å². The fourth-order valence-electron chi connectivity index (χ4n) is 1.19. The molecule has 1 unspecified atom stereocenters. The van der Waals surface area contributed by atoms with E-state index in [-0.39, 0.29) is 0 Å². The van der Waals surface area contributed by atoms with Crippen molar-refractivity contribution in [3.05, 3.63) is 33.3 Å². The highest BCUT2D eigenvalue weighted by Gasteiger charge is 2.17. The number of nitrogens with one attached hydrogen (secondary N) is 1. The number of hydrogen-bond acceptors (Lipinski definition) is 2. The van der Waals surface area contributed by atoms with Crippen LogP contribution in [0.4, 0.5) is 0 Å². The molecule has 1 rings (SSSR count). The van der Waals surface area contributed by atoms with Crippen molar-refractivity contribution in [3.8, 4) is 0 Å². The van der Waals surface area contributed by atoms with Crippen LogP contribution < -0.4 is 11.1 Å². The van der Waals surface area contributed by atoms with Crippen molar-refractivity contribution >= 4 is 33.4 Å². The van der Waals surface area contributed by atoms with E-state index in [2.05, 4.69) is 21.2 Å². The van der Waals surface area contributed by atoms with Crippen LogP contribution in [0.1, 0.15) is 11.6 Å². The van der Waals surface area contributed by atoms with E-state index in [1.165, 1.54) is 0 Å². The van der Waals surface area contributed by atoms with Crippen LogP contribution in [-0.4, -0.2) is 13.0 Å². The van der Waals surface area contributed by atoms with E-state index in [0.717, 1.165) is 10.0 Å². The molecule has 0 aromatic heterocycles. The van der Waals surface area contributed by atoms with Gasteiger partial charge >= 0.3 is 0 Å². The summed E-state index contributed by atoms with van der Waals surface area (Å²) in [6.45, 7) is 0. The van der Waals surface area contributed by atoms with E-state index in [9.17, 15) is 4.79 Å². The average molecular weight is 278 g/mol. The minimum atomic E-state index is -0.498. The number of rotatable bonds is 3. The SMILES string of the molecule is CNC(C(N)=O)c1ccc(Cl)cc1Br. The predicted molar refractivity (Wildman–Crippen MR) is 60.1 cm³/mol. The summed E-state index contributed by atoms with van der Waals surface area (Å²) >= 11 is 9.10. The highest BCUT2D eigenvalue weighted by molar-refractivity contribution is 9.10. The second kappa shape index (κ2) is 4.77. The number of carbonyl (C=O) groups is 1. The third kappa shape index (κ3) is 2.47. The molecule has 0 aliphatic heterocycles. The third-order valence-corrected chi connectivity index (χ3v) is 2.77. The largest absolute Gasteiger partial charge is 0.368 e. The van der Waals surface area contributed by atoms with Crippen molar-refractivity contribution in [2.75, 3.05) is 7.05 Å². The molecule has 0 fully saturated rings. The zero-order valence-electron chi connectivity index (χ0n) is 7.55. The first-order valence-corrected chi connectivity index (χ1v) is 5.15. The molecule has 0 aliphatic rings. The monoisotopic (exact) mass is 276 g/mol. The maximum atomic E-state index is 11.1. The maximum Gasteiger partial charge on any atom is 0.239 e. The fourth-order valence-corrected chi connectivity index (χ4v) is 2.10. The van der Waals surface area contributed by atoms with Gasteiger partial charge in [-0.05, 0) is 24.7 Å². The quantitative estimate of drug-likeness (QED) is 0.886. The van der Waals surface area contributed by atoms with Gasteiger partial charge < -0.3 is 11.1 Å². The molecule has 0 saturated heterocycles. The van der Waals surface area contributed by atoms with E-state index in [0.29, 0.717) is 5.02 Å². The topological polar surface area (TPSA) is 55.1 Å². The molecule has 1 aromatic carbocycles. The van der Waals surface area contributed by atoms with E-state index in [1.54, 1.807) is 25.2 Å². The molecule has 76 valence electrons. The number of halogens is 2. The third-order valence-electron chi connectivity index (χ3n) is 1.85. The lowest BCUT2D eigenvalue weighted by Gasteiger charge is -2.14. The molecular weight excluding hydrogens is 267 g/mol. The lowest BCUT2D eigenvalue weighted by molar-refractivity contribution is -0.120. The van der Waals surface area contributed by atoms with Gasteiger partial charge in [-0.25, -0.2) is 0 Å². The van der Waals surface area contributed by atoms with Crippen LogP contribution in [-0.2, 0) is 4.79 Å². The molecule has 1 aromatic rings. The molecule has 0 saturated carbocycles. The maximum absolute atomic E-state index is 11.1. The van der Waals surface area contributed by atoms with Crippen LogP contribution in [0.5, 0.6) is 0 Å². The average Bonchev–Trinajstić information content (AvgIpc) is 2.09. The molecule has 0 radical (unpaired) electrons. The first-order valence-electron chi connectivity index (χ1n) is 3.97. The normalized spacial score (nSPS) is 12.5. The number of benzene rings is 1. The molecule has 3 nitrogen and oxygen atoms in total. The van der Waals surface area contributed by atoms with E-state index in [4.69, 9.17) is 17.3 Å². The number of carbonyl (C=O) groups excluding carboxylic acids is 1. The Bertz CT molecular complexity index is 357. The van der Waals surface area contributed by atoms with Gasteiger partial charge in [-0.3, -0.25) is 4.79 Å². The van der Waals surface area contributed by atoms with E-state index >= 15 is 0 Å². The molecule has 0 aliphatic carbocycles. The van der Waals surface area contributed by atoms with Crippen LogP contribution in [0.2, 0.25) is 5.02 Å². The number of amides is 1. The van der Waals surface area contributed by atoms with Crippen LogP contribution in [0.25, 0.3) is 0 Å². The van der Waals surface area contributed by atoms with Gasteiger partial charge in [0.15, 0.2) is 0 Å². The molecule has 0 heterocycles. The minimum Gasteiger partial charge on any atom is -0.368 e. The van der Waals surface area contributed by atoms with Crippen LogP contribution in [0.15, 0.2) is 22.7 Å². The van der Waals surface area contributed by atoms with Crippen molar-refractivity contribution < 1.29 is 4.79 Å². The van der Waals surface area contributed by atoms with Crippen molar-refractivity contribution in [1.82, 2.24) is 5.32 Å². The van der Waals surface area contributed by atoms with Gasteiger partial charge in [-0.15, -0.1) is 0 Å². The van der Waals surface area contributed by atoms with Crippen molar-refractivity contribution in [3.63, 3.8) is 0 Å². The summed E-state index contributed by atoms with van der Waals surface area (Å²) < 4.78 is 0.767. The van der Waals surface area contributed by atoms with Crippen molar-refractivity contribution in [2.24, 2.45) is 5.73 Å². The summed E-state index contributed by atoms with van der Waals surface area (Å²) in [7, 11) is 1.68. The first kappa shape index (κ1) is 11.5. The zero-order chi connectivity index (χ0) is 10.7. The highest BCUT2D eigenvalue weighted by atomic mass is 79.9. The van der Waals surface area contributed by atoms with E-state index < -0.39 is 11.9 Å². The summed E-state index contributed by atoms with van der Waals surface area (Å²) in [5, 5.41) is 3.44. The molecule has 0 bridgehead atoms. The van der Waals surface area contributed by atoms with Gasteiger partial charge in [0.2, 0.25) is 5.91 Å². The zero-order valence-corrected chi connectivity index (χ0v) is 9.89. The number of primary amides is 1. The first-order chi connectivity index (χ1) is 6.56. The second-order valence-electron chi connectivity index (χ2n) is 2.79. The van der Waals surface area contributed by atoms with Crippen LogP contribution in [0.3, 0.4) is 0 Å². The van der Waals surface area contributed by atoms with Crippen LogP contribution >= 0.6 is 27.5 Å². The highest BCUT2D eigenvalue weighted by Crippen LogP contribution is 2.26. The molecule has 3 N–H and O–H groups in total. The molecular formula is C9H10BrClN2O. The van der Waals surface area contributed by atoms with Crippen molar-refractivity contribution in [1.29, 1.82) is 0 Å². The smallest absolute Gasteiger partial charge is 0.239 e. The van der Waals surface area contributed by atoms with Gasteiger partial charge in [0.1, 0.15) is 6.04 Å². The molecule has 0 spiro atoms. The molecule has 14 heavy (non-hydrogen) atoms. The van der Waals surface area contributed by atoms with E-state index in [1.807, 2.05) is 0 Å². The number of nitrogens with two attached hydrogens (primary N) is 1. The summed E-state index contributed by atoms with van der Waals surface area (Å²) in [5.74, 6) is -0.421. The molecule has 1 atom stereocenters. The standard InChI is InChI=1S/C9H10BrClN2O/c1-13-8(9(12)14)6-3-2-5(11)4-7(6)10/h2-4,8,13H,1H3,(H2,12,14).